The highest BCUT2D eigenvalue weighted by Gasteiger charge is 2.10. The van der Waals surface area contributed by atoms with E-state index in [1.165, 1.54) is 0 Å². The van der Waals surface area contributed by atoms with Crippen LogP contribution in [-0.4, -0.2) is 17.7 Å². The molecule has 1 heterocycles. The third kappa shape index (κ3) is 3.50. The standard InChI is InChI=1S/C15H18O4/c1-2-3-4-6-18-13-9-11(10-14(16)17)8-12-5-7-19-15(12)13/h5,7-9H,2-4,6,10H2,1H3,(H,16,17). The van der Waals surface area contributed by atoms with Gasteiger partial charge < -0.3 is 14.3 Å². The number of furan rings is 1. The summed E-state index contributed by atoms with van der Waals surface area (Å²) in [5.41, 5.74) is 1.41. The summed E-state index contributed by atoms with van der Waals surface area (Å²) in [4.78, 5) is 10.8. The van der Waals surface area contributed by atoms with Gasteiger partial charge in [-0.2, -0.15) is 0 Å². The smallest absolute Gasteiger partial charge is 0.307 e. The minimum Gasteiger partial charge on any atom is -0.490 e. The van der Waals surface area contributed by atoms with Crippen LogP contribution in [0.3, 0.4) is 0 Å². The number of hydrogen-bond acceptors (Lipinski definition) is 3. The van der Waals surface area contributed by atoms with Crippen LogP contribution >= 0.6 is 0 Å². The Kier molecular flexibility index (Phi) is 4.44. The molecule has 0 spiro atoms. The van der Waals surface area contributed by atoms with Crippen molar-refractivity contribution in [1.82, 2.24) is 0 Å². The van der Waals surface area contributed by atoms with Crippen molar-refractivity contribution in [2.45, 2.75) is 32.6 Å². The fraction of sp³-hybridized carbons (Fsp3) is 0.400. The van der Waals surface area contributed by atoms with Crippen molar-refractivity contribution in [2.24, 2.45) is 0 Å². The summed E-state index contributed by atoms with van der Waals surface area (Å²) in [5.74, 6) is -0.213. The molecule has 4 heteroatoms. The summed E-state index contributed by atoms with van der Waals surface area (Å²) in [7, 11) is 0. The molecule has 1 aromatic carbocycles. The first-order chi connectivity index (χ1) is 9.20. The van der Waals surface area contributed by atoms with E-state index in [4.69, 9.17) is 14.3 Å². The van der Waals surface area contributed by atoms with E-state index in [1.54, 1.807) is 12.3 Å². The van der Waals surface area contributed by atoms with Crippen molar-refractivity contribution >= 4 is 16.9 Å². The number of carboxylic acids is 1. The highest BCUT2D eigenvalue weighted by atomic mass is 16.5. The summed E-state index contributed by atoms with van der Waals surface area (Å²) in [5, 5.41) is 9.74. The molecule has 0 bridgehead atoms. The molecule has 1 aromatic heterocycles. The largest absolute Gasteiger partial charge is 0.490 e. The topological polar surface area (TPSA) is 59.7 Å². The third-order valence-corrected chi connectivity index (χ3v) is 2.94. The highest BCUT2D eigenvalue weighted by Crippen LogP contribution is 2.29. The quantitative estimate of drug-likeness (QED) is 0.774. The Balaban J connectivity index is 2.19. The molecule has 0 saturated heterocycles. The molecule has 4 nitrogen and oxygen atoms in total. The molecular weight excluding hydrogens is 244 g/mol. The number of fused-ring (bicyclic) bond motifs is 1. The summed E-state index contributed by atoms with van der Waals surface area (Å²) in [6.07, 6.45) is 4.83. The Labute approximate surface area is 112 Å². The molecule has 19 heavy (non-hydrogen) atoms. The number of unbranched alkanes of at least 4 members (excludes halogenated alkanes) is 2. The lowest BCUT2D eigenvalue weighted by atomic mass is 10.1. The lowest BCUT2D eigenvalue weighted by Gasteiger charge is -2.08. The second-order valence-corrected chi connectivity index (χ2v) is 4.56. The van der Waals surface area contributed by atoms with Gasteiger partial charge >= 0.3 is 5.97 Å². The van der Waals surface area contributed by atoms with E-state index >= 15 is 0 Å². The lowest BCUT2D eigenvalue weighted by molar-refractivity contribution is -0.136. The SMILES string of the molecule is CCCCCOc1cc(CC(=O)O)cc2ccoc12. The fourth-order valence-corrected chi connectivity index (χ4v) is 2.03. The van der Waals surface area contributed by atoms with Gasteiger partial charge in [-0.3, -0.25) is 4.79 Å². The number of benzene rings is 1. The predicted molar refractivity (Wildman–Crippen MR) is 72.6 cm³/mol. The summed E-state index contributed by atoms with van der Waals surface area (Å²) >= 11 is 0. The number of carboxylic acid groups (broad SMARTS) is 1. The van der Waals surface area contributed by atoms with Gasteiger partial charge in [0.15, 0.2) is 11.3 Å². The lowest BCUT2D eigenvalue weighted by Crippen LogP contribution is -2.02. The molecule has 0 aliphatic heterocycles. The van der Waals surface area contributed by atoms with Crippen LogP contribution in [0.4, 0.5) is 0 Å². The van der Waals surface area contributed by atoms with Crippen LogP contribution in [0, 0.1) is 0 Å². The second-order valence-electron chi connectivity index (χ2n) is 4.56. The molecule has 102 valence electrons. The molecule has 0 aliphatic carbocycles. The minimum absolute atomic E-state index is 0.00750. The third-order valence-electron chi connectivity index (χ3n) is 2.94. The summed E-state index contributed by atoms with van der Waals surface area (Å²) in [6.45, 7) is 2.76. The average molecular weight is 262 g/mol. The van der Waals surface area contributed by atoms with Gasteiger partial charge in [0.25, 0.3) is 0 Å². The Bertz CT molecular complexity index is 556. The molecular formula is C15H18O4. The van der Waals surface area contributed by atoms with Gasteiger partial charge in [0.2, 0.25) is 0 Å². The van der Waals surface area contributed by atoms with Crippen molar-refractivity contribution in [3.63, 3.8) is 0 Å². The van der Waals surface area contributed by atoms with Gasteiger partial charge in [-0.05, 0) is 30.2 Å². The average Bonchev–Trinajstić information content (AvgIpc) is 2.82. The van der Waals surface area contributed by atoms with E-state index in [9.17, 15) is 4.79 Å². The van der Waals surface area contributed by atoms with Gasteiger partial charge in [0, 0.05) is 5.39 Å². The van der Waals surface area contributed by atoms with Crippen LogP contribution in [0.1, 0.15) is 31.7 Å². The maximum absolute atomic E-state index is 10.8. The number of carbonyl (C=O) groups is 1. The van der Waals surface area contributed by atoms with Gasteiger partial charge in [0.1, 0.15) is 0 Å². The second kappa shape index (κ2) is 6.27. The summed E-state index contributed by atoms with van der Waals surface area (Å²) in [6, 6.07) is 5.40. The Morgan fingerprint density at radius 2 is 2.21 bits per heavy atom. The number of rotatable bonds is 7. The Morgan fingerprint density at radius 3 is 2.95 bits per heavy atom. The molecule has 0 unspecified atom stereocenters. The van der Waals surface area contributed by atoms with Crippen molar-refractivity contribution < 1.29 is 19.1 Å². The van der Waals surface area contributed by atoms with Crippen LogP contribution in [0.25, 0.3) is 11.0 Å². The molecule has 2 rings (SSSR count). The molecule has 1 N–H and O–H groups in total. The zero-order valence-corrected chi connectivity index (χ0v) is 11.0. The van der Waals surface area contributed by atoms with Crippen LogP contribution in [0.5, 0.6) is 5.75 Å². The number of ether oxygens (including phenoxy) is 1. The molecule has 2 aromatic rings. The van der Waals surface area contributed by atoms with Gasteiger partial charge in [-0.25, -0.2) is 0 Å². The molecule has 0 saturated carbocycles. The van der Waals surface area contributed by atoms with Crippen LogP contribution in [0.15, 0.2) is 28.9 Å². The first-order valence-corrected chi connectivity index (χ1v) is 6.55. The fourth-order valence-electron chi connectivity index (χ4n) is 2.03. The van der Waals surface area contributed by atoms with Crippen molar-refractivity contribution in [1.29, 1.82) is 0 Å². The van der Waals surface area contributed by atoms with Crippen LogP contribution in [-0.2, 0) is 11.2 Å². The number of aliphatic carboxylic acids is 1. The zero-order chi connectivity index (χ0) is 13.7. The van der Waals surface area contributed by atoms with Crippen LogP contribution < -0.4 is 4.74 Å². The Morgan fingerprint density at radius 1 is 1.37 bits per heavy atom. The first-order valence-electron chi connectivity index (χ1n) is 6.55. The van der Waals surface area contributed by atoms with Crippen molar-refractivity contribution in [2.75, 3.05) is 6.61 Å². The highest BCUT2D eigenvalue weighted by molar-refractivity contribution is 5.85. The summed E-state index contributed by atoms with van der Waals surface area (Å²) < 4.78 is 11.1. The van der Waals surface area contributed by atoms with E-state index in [1.807, 2.05) is 12.1 Å². The van der Waals surface area contributed by atoms with Crippen molar-refractivity contribution in [3.8, 4) is 5.75 Å². The van der Waals surface area contributed by atoms with E-state index in [-0.39, 0.29) is 6.42 Å². The van der Waals surface area contributed by atoms with E-state index in [0.717, 1.165) is 30.2 Å². The van der Waals surface area contributed by atoms with E-state index in [0.29, 0.717) is 17.9 Å². The first kappa shape index (κ1) is 13.5. The number of hydrogen-bond donors (Lipinski definition) is 1. The van der Waals surface area contributed by atoms with Crippen molar-refractivity contribution in [3.05, 3.63) is 30.0 Å². The van der Waals surface area contributed by atoms with Gasteiger partial charge in [-0.15, -0.1) is 0 Å². The molecule has 0 fully saturated rings. The molecule has 0 aliphatic rings. The maximum Gasteiger partial charge on any atom is 0.307 e. The van der Waals surface area contributed by atoms with Crippen LogP contribution in [0.2, 0.25) is 0 Å². The normalized spacial score (nSPS) is 10.8. The molecule has 0 radical (unpaired) electrons. The van der Waals surface area contributed by atoms with E-state index < -0.39 is 5.97 Å². The minimum atomic E-state index is -0.847. The predicted octanol–water partition coefficient (Wildman–Crippen LogP) is 3.63. The van der Waals surface area contributed by atoms with Gasteiger partial charge in [0.05, 0.1) is 19.3 Å². The Hall–Kier alpha value is -1.97. The molecule has 0 atom stereocenters. The van der Waals surface area contributed by atoms with E-state index in [2.05, 4.69) is 6.92 Å². The van der Waals surface area contributed by atoms with Gasteiger partial charge in [-0.1, -0.05) is 19.8 Å². The zero-order valence-electron chi connectivity index (χ0n) is 11.0. The maximum atomic E-state index is 10.8. The molecule has 0 amide bonds. The monoisotopic (exact) mass is 262 g/mol.